The van der Waals surface area contributed by atoms with Crippen LogP contribution in [0.5, 0.6) is 5.75 Å². The lowest BCUT2D eigenvalue weighted by atomic mass is 9.88. The number of ether oxygens (including phenoxy) is 1. The number of hydrogen-bond donors (Lipinski definition) is 2. The van der Waals surface area contributed by atoms with Crippen LogP contribution in [-0.4, -0.2) is 36.3 Å². The molecule has 0 bridgehead atoms. The standard InChI is InChI=1S/C21H26ClN5O2/c1-29-18-5-3-2-4-16(18)15-8-10-27(11-9-15)17-13-23-25-21(20(17)22)26-24-19(28)12-14-6-7-14/h2-5,13-15H,6-12H2,1H3,(H,24,28)(H,25,26). The quantitative estimate of drug-likeness (QED) is 0.670. The second kappa shape index (κ2) is 8.86. The van der Waals surface area contributed by atoms with Gasteiger partial charge in [-0.3, -0.25) is 15.6 Å². The van der Waals surface area contributed by atoms with Gasteiger partial charge in [-0.1, -0.05) is 29.8 Å². The van der Waals surface area contributed by atoms with E-state index < -0.39 is 0 Å². The van der Waals surface area contributed by atoms with E-state index in [-0.39, 0.29) is 5.91 Å². The Labute approximate surface area is 175 Å². The molecule has 154 valence electrons. The van der Waals surface area contributed by atoms with Gasteiger partial charge in [0, 0.05) is 19.5 Å². The van der Waals surface area contributed by atoms with Crippen molar-refractivity contribution in [3.63, 3.8) is 0 Å². The molecule has 0 radical (unpaired) electrons. The van der Waals surface area contributed by atoms with E-state index in [1.54, 1.807) is 13.3 Å². The minimum absolute atomic E-state index is 0.0478. The van der Waals surface area contributed by atoms with Crippen molar-refractivity contribution in [2.45, 2.75) is 38.0 Å². The number of nitrogens with zero attached hydrogens (tertiary/aromatic N) is 3. The third-order valence-corrected chi connectivity index (χ3v) is 6.05. The Balaban J connectivity index is 1.38. The highest BCUT2D eigenvalue weighted by atomic mass is 35.5. The van der Waals surface area contributed by atoms with Crippen LogP contribution in [0.4, 0.5) is 11.5 Å². The highest BCUT2D eigenvalue weighted by molar-refractivity contribution is 6.35. The first kappa shape index (κ1) is 19.8. The molecule has 1 saturated carbocycles. The van der Waals surface area contributed by atoms with Crippen molar-refractivity contribution in [1.82, 2.24) is 15.6 Å². The monoisotopic (exact) mass is 415 g/mol. The minimum atomic E-state index is -0.0478. The number of hydrogen-bond acceptors (Lipinski definition) is 6. The number of benzene rings is 1. The second-order valence-electron chi connectivity index (χ2n) is 7.72. The number of rotatable bonds is 7. The van der Waals surface area contributed by atoms with Crippen molar-refractivity contribution >= 4 is 29.0 Å². The molecule has 0 unspecified atom stereocenters. The van der Waals surface area contributed by atoms with Gasteiger partial charge in [0.05, 0.1) is 19.0 Å². The fraction of sp³-hybridized carbons (Fsp3) is 0.476. The third kappa shape index (κ3) is 4.72. The average Bonchev–Trinajstić information content (AvgIpc) is 3.57. The van der Waals surface area contributed by atoms with Crippen molar-refractivity contribution in [2.24, 2.45) is 5.92 Å². The number of anilines is 2. The van der Waals surface area contributed by atoms with E-state index >= 15 is 0 Å². The van der Waals surface area contributed by atoms with Crippen LogP contribution in [0.1, 0.15) is 43.6 Å². The first-order valence-corrected chi connectivity index (χ1v) is 10.5. The molecule has 1 aromatic heterocycles. The Morgan fingerprint density at radius 3 is 2.72 bits per heavy atom. The number of nitrogens with one attached hydrogen (secondary N) is 2. The zero-order chi connectivity index (χ0) is 20.2. The summed E-state index contributed by atoms with van der Waals surface area (Å²) in [5.74, 6) is 2.25. The number of aromatic nitrogens is 2. The van der Waals surface area contributed by atoms with Crippen LogP contribution in [0.3, 0.4) is 0 Å². The number of amides is 1. The van der Waals surface area contributed by atoms with E-state index in [0.29, 0.717) is 29.1 Å². The second-order valence-corrected chi connectivity index (χ2v) is 8.09. The first-order chi connectivity index (χ1) is 14.2. The molecule has 1 aliphatic heterocycles. The molecule has 8 heteroatoms. The molecule has 1 aliphatic carbocycles. The molecule has 29 heavy (non-hydrogen) atoms. The van der Waals surface area contributed by atoms with Crippen LogP contribution in [0.2, 0.25) is 5.02 Å². The zero-order valence-electron chi connectivity index (χ0n) is 16.5. The molecule has 1 aromatic carbocycles. The number of carbonyl (C=O) groups is 1. The van der Waals surface area contributed by atoms with Crippen LogP contribution in [0, 0.1) is 5.92 Å². The van der Waals surface area contributed by atoms with Crippen molar-refractivity contribution in [1.29, 1.82) is 0 Å². The highest BCUT2D eigenvalue weighted by Gasteiger charge is 2.26. The van der Waals surface area contributed by atoms with E-state index in [1.807, 2.05) is 12.1 Å². The van der Waals surface area contributed by atoms with Gasteiger partial charge in [-0.25, -0.2) is 0 Å². The fourth-order valence-electron chi connectivity index (χ4n) is 3.86. The third-order valence-electron chi connectivity index (χ3n) is 5.68. The van der Waals surface area contributed by atoms with E-state index in [0.717, 1.165) is 50.2 Å². The summed E-state index contributed by atoms with van der Waals surface area (Å²) in [4.78, 5) is 14.1. The molecular weight excluding hydrogens is 390 g/mol. The molecule has 0 spiro atoms. The normalized spacial score (nSPS) is 17.1. The van der Waals surface area contributed by atoms with Crippen LogP contribution in [0.15, 0.2) is 30.5 Å². The van der Waals surface area contributed by atoms with E-state index in [2.05, 4.69) is 38.1 Å². The lowest BCUT2D eigenvalue weighted by molar-refractivity contribution is -0.120. The van der Waals surface area contributed by atoms with E-state index in [1.165, 1.54) is 5.56 Å². The minimum Gasteiger partial charge on any atom is -0.496 e. The number of piperidine rings is 1. The zero-order valence-corrected chi connectivity index (χ0v) is 17.3. The molecule has 2 heterocycles. The number of methoxy groups -OCH3 is 1. The van der Waals surface area contributed by atoms with Crippen molar-refractivity contribution in [2.75, 3.05) is 30.5 Å². The number of hydrazine groups is 1. The summed E-state index contributed by atoms with van der Waals surface area (Å²) in [6.45, 7) is 1.73. The summed E-state index contributed by atoms with van der Waals surface area (Å²) in [5, 5.41) is 8.58. The van der Waals surface area contributed by atoms with E-state index in [4.69, 9.17) is 16.3 Å². The Bertz CT molecular complexity index is 866. The molecule has 7 nitrogen and oxygen atoms in total. The summed E-state index contributed by atoms with van der Waals surface area (Å²) >= 11 is 6.57. The van der Waals surface area contributed by atoms with Crippen molar-refractivity contribution in [3.8, 4) is 5.75 Å². The van der Waals surface area contributed by atoms with Gasteiger partial charge in [0.15, 0.2) is 5.82 Å². The molecule has 4 rings (SSSR count). The molecule has 0 atom stereocenters. The van der Waals surface area contributed by atoms with Gasteiger partial charge in [-0.2, -0.15) is 5.10 Å². The van der Waals surface area contributed by atoms with Gasteiger partial charge < -0.3 is 9.64 Å². The highest BCUT2D eigenvalue weighted by Crippen LogP contribution is 2.38. The molecule has 2 N–H and O–H groups in total. The maximum absolute atomic E-state index is 11.9. The van der Waals surface area contributed by atoms with Gasteiger partial charge in [0.1, 0.15) is 10.8 Å². The van der Waals surface area contributed by atoms with Gasteiger partial charge >= 0.3 is 0 Å². The molecule has 2 fully saturated rings. The van der Waals surface area contributed by atoms with Gasteiger partial charge in [-0.05, 0) is 49.1 Å². The molecule has 1 amide bonds. The first-order valence-electron chi connectivity index (χ1n) is 10.1. The summed E-state index contributed by atoms with van der Waals surface area (Å²) in [5.41, 5.74) is 7.59. The summed E-state index contributed by atoms with van der Waals surface area (Å²) in [6, 6.07) is 8.22. The van der Waals surface area contributed by atoms with Crippen molar-refractivity contribution in [3.05, 3.63) is 41.0 Å². The fourth-order valence-corrected chi connectivity index (χ4v) is 4.12. The van der Waals surface area contributed by atoms with Crippen molar-refractivity contribution < 1.29 is 9.53 Å². The lowest BCUT2D eigenvalue weighted by Crippen LogP contribution is -2.34. The van der Waals surface area contributed by atoms with E-state index in [9.17, 15) is 4.79 Å². The summed E-state index contributed by atoms with van der Waals surface area (Å²) in [6.07, 6.45) is 6.49. The van der Waals surface area contributed by atoms with Gasteiger partial charge in [0.25, 0.3) is 0 Å². The smallest absolute Gasteiger partial charge is 0.238 e. The molecule has 1 saturated heterocycles. The molecular formula is C21H26ClN5O2. The summed E-state index contributed by atoms with van der Waals surface area (Å²) < 4.78 is 5.52. The predicted octanol–water partition coefficient (Wildman–Crippen LogP) is 3.77. The van der Waals surface area contributed by atoms with Crippen LogP contribution in [-0.2, 0) is 4.79 Å². The van der Waals surface area contributed by atoms with Crippen LogP contribution >= 0.6 is 11.6 Å². The average molecular weight is 416 g/mol. The predicted molar refractivity (Wildman–Crippen MR) is 113 cm³/mol. The van der Waals surface area contributed by atoms with Crippen LogP contribution in [0.25, 0.3) is 0 Å². The largest absolute Gasteiger partial charge is 0.496 e. The SMILES string of the molecule is COc1ccccc1C1CCN(c2cnnc(NNC(=O)CC3CC3)c2Cl)CC1. The molecule has 2 aliphatic rings. The van der Waals surface area contributed by atoms with Gasteiger partial charge in [-0.15, -0.1) is 5.10 Å². The maximum atomic E-state index is 11.9. The molecule has 2 aromatic rings. The lowest BCUT2D eigenvalue weighted by Gasteiger charge is -2.34. The van der Waals surface area contributed by atoms with Gasteiger partial charge in [0.2, 0.25) is 5.91 Å². The van der Waals surface area contributed by atoms with Crippen LogP contribution < -0.4 is 20.5 Å². The number of carbonyl (C=O) groups excluding carboxylic acids is 1. The maximum Gasteiger partial charge on any atom is 0.238 e. The number of para-hydroxylation sites is 1. The number of halogens is 1. The Morgan fingerprint density at radius 1 is 1.24 bits per heavy atom. The topological polar surface area (TPSA) is 79.4 Å². The summed E-state index contributed by atoms with van der Waals surface area (Å²) in [7, 11) is 1.72. The Morgan fingerprint density at radius 2 is 2.00 bits per heavy atom. The Hall–Kier alpha value is -2.54. The Kier molecular flexibility index (Phi) is 6.04.